The summed E-state index contributed by atoms with van der Waals surface area (Å²) < 4.78 is 23.2. The van der Waals surface area contributed by atoms with Crippen LogP contribution in [0.3, 0.4) is 0 Å². The van der Waals surface area contributed by atoms with Crippen LogP contribution in [0.15, 0.2) is 18.2 Å². The quantitative estimate of drug-likeness (QED) is 0.524. The molecule has 0 amide bonds. The molecular weight excluding hydrogens is 372 g/mol. The molecule has 1 aliphatic heterocycles. The highest BCUT2D eigenvalue weighted by molar-refractivity contribution is 5.73. The third-order valence-corrected chi connectivity index (χ3v) is 4.96. The van der Waals surface area contributed by atoms with Gasteiger partial charge in [0.15, 0.2) is 0 Å². The van der Waals surface area contributed by atoms with Gasteiger partial charge in [0.05, 0.1) is 0 Å². The molecule has 0 bridgehead atoms. The molecule has 0 N–H and O–H groups in total. The summed E-state index contributed by atoms with van der Waals surface area (Å²) in [6.07, 6.45) is 0.396. The van der Waals surface area contributed by atoms with Crippen LogP contribution in [-0.4, -0.2) is 18.5 Å². The summed E-state index contributed by atoms with van der Waals surface area (Å²) in [4.78, 5) is 23.0. The standard InChI is InChI=1S/C23H26O6/c1-7-16-11-19(28-15(6)25)13(4)22-20(16)23(26-8-2)17-9-10-18(27-14(5)24)12(3)21(17)29-22/h9-11,23H,7-8H2,1-6H3. The van der Waals surface area contributed by atoms with E-state index in [1.165, 1.54) is 13.8 Å². The lowest BCUT2D eigenvalue weighted by Crippen LogP contribution is -2.18. The predicted octanol–water partition coefficient (Wildman–Crippen LogP) is 4.95. The van der Waals surface area contributed by atoms with Gasteiger partial charge in [0.1, 0.15) is 29.1 Å². The van der Waals surface area contributed by atoms with Gasteiger partial charge in [-0.05, 0) is 51.0 Å². The first-order chi connectivity index (χ1) is 13.8. The maximum Gasteiger partial charge on any atom is 0.308 e. The molecule has 0 aromatic heterocycles. The molecule has 0 saturated carbocycles. The summed E-state index contributed by atoms with van der Waals surface area (Å²) in [5, 5.41) is 0. The number of aryl methyl sites for hydroxylation is 1. The van der Waals surface area contributed by atoms with E-state index in [-0.39, 0.29) is 12.1 Å². The Bertz CT molecular complexity index is 976. The Morgan fingerprint density at radius 1 is 0.966 bits per heavy atom. The maximum absolute atomic E-state index is 11.6. The van der Waals surface area contributed by atoms with Gasteiger partial charge >= 0.3 is 11.9 Å². The molecule has 2 aromatic rings. The van der Waals surface area contributed by atoms with Gasteiger partial charge in [0, 0.05) is 42.7 Å². The van der Waals surface area contributed by atoms with Gasteiger partial charge in [-0.2, -0.15) is 0 Å². The number of hydrogen-bond acceptors (Lipinski definition) is 6. The molecule has 0 radical (unpaired) electrons. The zero-order chi connectivity index (χ0) is 21.3. The largest absolute Gasteiger partial charge is 0.456 e. The van der Waals surface area contributed by atoms with Gasteiger partial charge in [-0.1, -0.05) is 6.92 Å². The third kappa shape index (κ3) is 3.85. The molecule has 3 rings (SSSR count). The topological polar surface area (TPSA) is 71.1 Å². The first-order valence-electron chi connectivity index (χ1n) is 9.74. The zero-order valence-electron chi connectivity index (χ0n) is 17.7. The van der Waals surface area contributed by atoms with E-state index in [1.54, 1.807) is 6.07 Å². The minimum absolute atomic E-state index is 0.330. The van der Waals surface area contributed by atoms with Gasteiger partial charge < -0.3 is 18.9 Å². The van der Waals surface area contributed by atoms with Crippen LogP contribution in [0.4, 0.5) is 0 Å². The van der Waals surface area contributed by atoms with Crippen molar-refractivity contribution < 1.29 is 28.5 Å². The Kier molecular flexibility index (Phi) is 5.94. The molecule has 0 spiro atoms. The smallest absolute Gasteiger partial charge is 0.308 e. The Morgan fingerprint density at radius 2 is 1.59 bits per heavy atom. The maximum atomic E-state index is 11.6. The van der Waals surface area contributed by atoms with E-state index in [4.69, 9.17) is 18.9 Å². The SMILES string of the molecule is CCOC1c2ccc(OC(C)=O)c(C)c2Oc2c(C)c(OC(C)=O)cc(CC)c21. The third-order valence-electron chi connectivity index (χ3n) is 4.96. The molecule has 1 heterocycles. The number of fused-ring (bicyclic) bond motifs is 2. The van der Waals surface area contributed by atoms with Crippen molar-refractivity contribution in [2.24, 2.45) is 0 Å². The Hall–Kier alpha value is -2.86. The number of ether oxygens (including phenoxy) is 4. The molecule has 154 valence electrons. The number of esters is 2. The Labute approximate surface area is 170 Å². The van der Waals surface area contributed by atoms with Crippen LogP contribution in [0.1, 0.15) is 61.6 Å². The van der Waals surface area contributed by atoms with Crippen molar-refractivity contribution in [3.05, 3.63) is 46.0 Å². The highest BCUT2D eigenvalue weighted by Gasteiger charge is 2.34. The van der Waals surface area contributed by atoms with E-state index in [0.717, 1.165) is 28.7 Å². The summed E-state index contributed by atoms with van der Waals surface area (Å²) in [5.74, 6) is 1.35. The minimum atomic E-state index is -0.396. The van der Waals surface area contributed by atoms with Crippen molar-refractivity contribution in [1.29, 1.82) is 0 Å². The number of carbonyl (C=O) groups excluding carboxylic acids is 2. The monoisotopic (exact) mass is 398 g/mol. The molecule has 2 aromatic carbocycles. The van der Waals surface area contributed by atoms with Crippen LogP contribution in [0.2, 0.25) is 0 Å². The average Bonchev–Trinajstić information content (AvgIpc) is 2.66. The molecule has 0 saturated heterocycles. The number of hydrogen-bond donors (Lipinski definition) is 0. The van der Waals surface area contributed by atoms with Gasteiger partial charge in [0.25, 0.3) is 0 Å². The van der Waals surface area contributed by atoms with Crippen molar-refractivity contribution in [3.8, 4) is 23.0 Å². The van der Waals surface area contributed by atoms with Crippen molar-refractivity contribution in [2.75, 3.05) is 6.61 Å². The summed E-state index contributed by atoms with van der Waals surface area (Å²) in [6.45, 7) is 10.9. The summed E-state index contributed by atoms with van der Waals surface area (Å²) in [5.41, 5.74) is 4.24. The molecule has 29 heavy (non-hydrogen) atoms. The van der Waals surface area contributed by atoms with E-state index in [9.17, 15) is 9.59 Å². The normalized spacial score (nSPS) is 14.5. The molecular formula is C23H26O6. The van der Waals surface area contributed by atoms with E-state index in [0.29, 0.717) is 35.2 Å². The first-order valence-corrected chi connectivity index (χ1v) is 9.74. The first kappa shape index (κ1) is 20.9. The Morgan fingerprint density at radius 3 is 2.17 bits per heavy atom. The van der Waals surface area contributed by atoms with Crippen molar-refractivity contribution in [3.63, 3.8) is 0 Å². The predicted molar refractivity (Wildman–Crippen MR) is 108 cm³/mol. The van der Waals surface area contributed by atoms with Crippen LogP contribution in [0.5, 0.6) is 23.0 Å². The van der Waals surface area contributed by atoms with Gasteiger partial charge in [-0.25, -0.2) is 0 Å². The summed E-state index contributed by atoms with van der Waals surface area (Å²) in [6, 6.07) is 5.52. The number of carbonyl (C=O) groups is 2. The lowest BCUT2D eigenvalue weighted by Gasteiger charge is -2.32. The summed E-state index contributed by atoms with van der Waals surface area (Å²) >= 11 is 0. The highest BCUT2D eigenvalue weighted by Crippen LogP contribution is 2.52. The van der Waals surface area contributed by atoms with Crippen LogP contribution in [0, 0.1) is 13.8 Å². The highest BCUT2D eigenvalue weighted by atomic mass is 16.5. The van der Waals surface area contributed by atoms with E-state index >= 15 is 0 Å². The minimum Gasteiger partial charge on any atom is -0.456 e. The molecule has 6 heteroatoms. The lowest BCUT2D eigenvalue weighted by molar-refractivity contribution is -0.132. The second kappa shape index (κ2) is 8.25. The van der Waals surface area contributed by atoms with Crippen molar-refractivity contribution in [1.82, 2.24) is 0 Å². The van der Waals surface area contributed by atoms with E-state index < -0.39 is 5.97 Å². The number of benzene rings is 2. The van der Waals surface area contributed by atoms with Gasteiger partial charge in [0.2, 0.25) is 0 Å². The second-order valence-corrected chi connectivity index (χ2v) is 6.99. The fourth-order valence-electron chi connectivity index (χ4n) is 3.68. The molecule has 1 aliphatic rings. The number of rotatable bonds is 5. The van der Waals surface area contributed by atoms with Crippen LogP contribution in [-0.2, 0) is 20.7 Å². The molecule has 1 unspecified atom stereocenters. The van der Waals surface area contributed by atoms with E-state index in [1.807, 2.05) is 39.8 Å². The average molecular weight is 398 g/mol. The summed E-state index contributed by atoms with van der Waals surface area (Å²) in [7, 11) is 0. The van der Waals surface area contributed by atoms with Crippen LogP contribution < -0.4 is 14.2 Å². The zero-order valence-corrected chi connectivity index (χ0v) is 17.7. The fraction of sp³-hybridized carbons (Fsp3) is 0.391. The van der Waals surface area contributed by atoms with Crippen LogP contribution in [0.25, 0.3) is 0 Å². The lowest BCUT2D eigenvalue weighted by atomic mass is 9.88. The molecule has 6 nitrogen and oxygen atoms in total. The molecule has 0 fully saturated rings. The van der Waals surface area contributed by atoms with Crippen LogP contribution >= 0.6 is 0 Å². The molecule has 1 atom stereocenters. The fourth-order valence-corrected chi connectivity index (χ4v) is 3.68. The van der Waals surface area contributed by atoms with Gasteiger partial charge in [-0.3, -0.25) is 9.59 Å². The molecule has 0 aliphatic carbocycles. The van der Waals surface area contributed by atoms with Crippen molar-refractivity contribution >= 4 is 11.9 Å². The van der Waals surface area contributed by atoms with E-state index in [2.05, 4.69) is 0 Å². The Balaban J connectivity index is 2.24. The van der Waals surface area contributed by atoms with Crippen molar-refractivity contribution in [2.45, 2.75) is 54.1 Å². The van der Waals surface area contributed by atoms with Gasteiger partial charge in [-0.15, -0.1) is 0 Å². The second-order valence-electron chi connectivity index (χ2n) is 6.99.